The van der Waals surface area contributed by atoms with Crippen LogP contribution in [0.15, 0.2) is 41.5 Å². The van der Waals surface area contributed by atoms with Gasteiger partial charge in [0.05, 0.1) is 17.7 Å². The molecule has 4 rings (SSSR count). The second-order valence-corrected chi connectivity index (χ2v) is 8.08. The Morgan fingerprint density at radius 3 is 2.75 bits per heavy atom. The highest BCUT2D eigenvalue weighted by Gasteiger charge is 2.30. The van der Waals surface area contributed by atoms with Crippen molar-refractivity contribution in [2.45, 2.75) is 38.1 Å². The Labute approximate surface area is 187 Å². The van der Waals surface area contributed by atoms with Crippen LogP contribution in [0.3, 0.4) is 0 Å². The number of rotatable bonds is 4. The van der Waals surface area contributed by atoms with Crippen molar-refractivity contribution in [1.82, 2.24) is 20.1 Å². The van der Waals surface area contributed by atoms with E-state index in [1.807, 2.05) is 41.4 Å². The van der Waals surface area contributed by atoms with Crippen LogP contribution in [0.25, 0.3) is 10.9 Å². The quantitative estimate of drug-likeness (QED) is 0.330. The Morgan fingerprint density at radius 1 is 1.16 bits per heavy atom. The molecule has 1 aromatic carbocycles. The number of fused-ring (bicyclic) bond motifs is 1. The molecule has 1 unspecified atom stereocenters. The number of aliphatic imine (C=N–C) groups is 1. The van der Waals surface area contributed by atoms with E-state index in [1.165, 1.54) is 0 Å². The Kier molecular flexibility index (Phi) is 6.80. The SMILES string of the molecule is N#CNC(=NC1CCCCN(CC(=O)N2CCCC2)C1=O)Nc1cccc2cccnc12. The van der Waals surface area contributed by atoms with Crippen molar-refractivity contribution >= 4 is 34.4 Å². The number of anilines is 1. The lowest BCUT2D eigenvalue weighted by Crippen LogP contribution is -2.45. The van der Waals surface area contributed by atoms with Crippen molar-refractivity contribution in [1.29, 1.82) is 5.26 Å². The van der Waals surface area contributed by atoms with Crippen LogP contribution < -0.4 is 10.6 Å². The molecule has 1 atom stereocenters. The van der Waals surface area contributed by atoms with E-state index in [4.69, 9.17) is 0 Å². The van der Waals surface area contributed by atoms with Crippen LogP contribution in [0, 0.1) is 11.5 Å². The zero-order valence-corrected chi connectivity index (χ0v) is 18.0. The molecule has 32 heavy (non-hydrogen) atoms. The Bertz CT molecular complexity index is 1050. The highest BCUT2D eigenvalue weighted by atomic mass is 16.2. The second-order valence-electron chi connectivity index (χ2n) is 8.08. The van der Waals surface area contributed by atoms with E-state index in [9.17, 15) is 14.9 Å². The third-order valence-corrected chi connectivity index (χ3v) is 5.88. The van der Waals surface area contributed by atoms with Gasteiger partial charge in [-0.1, -0.05) is 18.2 Å². The summed E-state index contributed by atoms with van der Waals surface area (Å²) in [4.78, 5) is 38.2. The topological polar surface area (TPSA) is 114 Å². The van der Waals surface area contributed by atoms with Gasteiger partial charge in [0, 0.05) is 31.2 Å². The van der Waals surface area contributed by atoms with Crippen LogP contribution in [0.1, 0.15) is 32.1 Å². The van der Waals surface area contributed by atoms with Crippen molar-refractivity contribution in [3.63, 3.8) is 0 Å². The van der Waals surface area contributed by atoms with E-state index in [0.29, 0.717) is 18.7 Å². The zero-order valence-electron chi connectivity index (χ0n) is 18.0. The molecule has 2 aromatic rings. The summed E-state index contributed by atoms with van der Waals surface area (Å²) in [5.41, 5.74) is 1.43. The number of pyridine rings is 1. The standard InChI is InChI=1S/C23H27N7O2/c24-16-26-23(27-18-10-5-7-17-8-6-11-25-21(17)18)28-19-9-1-2-14-30(22(19)32)15-20(31)29-12-3-4-13-29/h5-8,10-11,19H,1-4,9,12-15H2,(H2,26,27,28). The first kappa shape index (κ1) is 21.6. The molecule has 0 aliphatic carbocycles. The average Bonchev–Trinajstić information content (AvgIpc) is 3.30. The molecule has 2 amide bonds. The number of hydrogen-bond donors (Lipinski definition) is 2. The van der Waals surface area contributed by atoms with E-state index >= 15 is 0 Å². The largest absolute Gasteiger partial charge is 0.341 e. The lowest BCUT2D eigenvalue weighted by atomic mass is 10.1. The molecule has 9 nitrogen and oxygen atoms in total. The van der Waals surface area contributed by atoms with Crippen LogP contribution in [-0.2, 0) is 9.59 Å². The molecule has 166 valence electrons. The number of para-hydroxylation sites is 1. The highest BCUT2D eigenvalue weighted by Crippen LogP contribution is 2.21. The summed E-state index contributed by atoms with van der Waals surface area (Å²) in [7, 11) is 0. The number of hydrogen-bond acceptors (Lipinski definition) is 5. The molecule has 2 saturated heterocycles. The maximum absolute atomic E-state index is 13.2. The summed E-state index contributed by atoms with van der Waals surface area (Å²) in [6.45, 7) is 2.17. The molecular formula is C23H27N7O2. The summed E-state index contributed by atoms with van der Waals surface area (Å²) >= 11 is 0. The molecule has 9 heteroatoms. The van der Waals surface area contributed by atoms with Crippen molar-refractivity contribution in [3.8, 4) is 6.19 Å². The molecule has 2 N–H and O–H groups in total. The van der Waals surface area contributed by atoms with Gasteiger partial charge in [0.15, 0.2) is 6.19 Å². The minimum absolute atomic E-state index is 0.00388. The Morgan fingerprint density at radius 2 is 1.94 bits per heavy atom. The Hall–Kier alpha value is -3.67. The van der Waals surface area contributed by atoms with Gasteiger partial charge >= 0.3 is 0 Å². The molecule has 0 bridgehead atoms. The number of likely N-dealkylation sites (tertiary alicyclic amines) is 2. The third-order valence-electron chi connectivity index (χ3n) is 5.88. The summed E-state index contributed by atoms with van der Waals surface area (Å²) < 4.78 is 0. The minimum atomic E-state index is -0.657. The van der Waals surface area contributed by atoms with Gasteiger partial charge in [-0.2, -0.15) is 5.26 Å². The van der Waals surface area contributed by atoms with E-state index < -0.39 is 6.04 Å². The van der Waals surface area contributed by atoms with E-state index in [2.05, 4.69) is 20.6 Å². The average molecular weight is 434 g/mol. The van der Waals surface area contributed by atoms with Gasteiger partial charge in [0.1, 0.15) is 6.04 Å². The highest BCUT2D eigenvalue weighted by molar-refractivity contribution is 6.03. The first-order valence-corrected chi connectivity index (χ1v) is 11.1. The van der Waals surface area contributed by atoms with E-state index in [1.54, 1.807) is 11.1 Å². The normalized spacial score (nSPS) is 19.5. The lowest BCUT2D eigenvalue weighted by molar-refractivity contribution is -0.140. The van der Waals surface area contributed by atoms with Crippen molar-refractivity contribution in [2.24, 2.45) is 4.99 Å². The maximum Gasteiger partial charge on any atom is 0.247 e. The van der Waals surface area contributed by atoms with Crippen LogP contribution >= 0.6 is 0 Å². The zero-order chi connectivity index (χ0) is 22.3. The van der Waals surface area contributed by atoms with Crippen LogP contribution in [0.5, 0.6) is 0 Å². The van der Waals surface area contributed by atoms with Gasteiger partial charge in [-0.15, -0.1) is 0 Å². The molecule has 0 radical (unpaired) electrons. The fourth-order valence-corrected chi connectivity index (χ4v) is 4.23. The lowest BCUT2D eigenvalue weighted by Gasteiger charge is -2.25. The van der Waals surface area contributed by atoms with Gasteiger partial charge in [-0.3, -0.25) is 19.9 Å². The summed E-state index contributed by atoms with van der Waals surface area (Å²) in [5, 5.41) is 15.9. The fourth-order valence-electron chi connectivity index (χ4n) is 4.23. The van der Waals surface area contributed by atoms with Crippen LogP contribution in [-0.4, -0.2) is 64.8 Å². The van der Waals surface area contributed by atoms with Gasteiger partial charge < -0.3 is 15.1 Å². The molecule has 2 fully saturated rings. The molecule has 3 heterocycles. The van der Waals surface area contributed by atoms with Crippen LogP contribution in [0.2, 0.25) is 0 Å². The first-order valence-electron chi connectivity index (χ1n) is 11.1. The number of guanidine groups is 1. The second kappa shape index (κ2) is 10.1. The number of carbonyl (C=O) groups is 2. The van der Waals surface area contributed by atoms with Crippen LogP contribution in [0.4, 0.5) is 5.69 Å². The number of nitrogens with one attached hydrogen (secondary N) is 2. The minimum Gasteiger partial charge on any atom is -0.341 e. The van der Waals surface area contributed by atoms with Gasteiger partial charge in [-0.25, -0.2) is 4.99 Å². The molecule has 2 aliphatic heterocycles. The summed E-state index contributed by atoms with van der Waals surface area (Å²) in [6, 6.07) is 8.84. The predicted molar refractivity (Wildman–Crippen MR) is 122 cm³/mol. The van der Waals surface area contributed by atoms with Gasteiger partial charge in [0.2, 0.25) is 17.8 Å². The fraction of sp³-hybridized carbons (Fsp3) is 0.435. The molecule has 0 saturated carbocycles. The maximum atomic E-state index is 13.2. The summed E-state index contributed by atoms with van der Waals surface area (Å²) in [6.07, 6.45) is 7.84. The van der Waals surface area contributed by atoms with Crippen molar-refractivity contribution in [2.75, 3.05) is 31.5 Å². The van der Waals surface area contributed by atoms with Crippen molar-refractivity contribution < 1.29 is 9.59 Å². The van der Waals surface area contributed by atoms with E-state index in [-0.39, 0.29) is 24.3 Å². The number of nitriles is 1. The third kappa shape index (κ3) is 4.97. The number of nitrogens with zero attached hydrogens (tertiary/aromatic N) is 5. The number of benzene rings is 1. The first-order chi connectivity index (χ1) is 15.7. The van der Waals surface area contributed by atoms with Gasteiger partial charge in [-0.05, 0) is 44.2 Å². The number of amides is 2. The van der Waals surface area contributed by atoms with Gasteiger partial charge in [0.25, 0.3) is 0 Å². The van der Waals surface area contributed by atoms with E-state index in [0.717, 1.165) is 49.7 Å². The Balaban J connectivity index is 1.53. The predicted octanol–water partition coefficient (Wildman–Crippen LogP) is 2.08. The molecule has 0 spiro atoms. The number of carbonyl (C=O) groups excluding carboxylic acids is 2. The monoisotopic (exact) mass is 433 g/mol. The summed E-state index contributed by atoms with van der Waals surface area (Å²) in [5.74, 6) is 0.0117. The molecular weight excluding hydrogens is 406 g/mol. The number of aromatic nitrogens is 1. The molecule has 1 aromatic heterocycles. The van der Waals surface area contributed by atoms with Crippen molar-refractivity contribution in [3.05, 3.63) is 36.5 Å². The molecule has 2 aliphatic rings. The smallest absolute Gasteiger partial charge is 0.247 e.